The molecule has 142 valence electrons. The van der Waals surface area contributed by atoms with Crippen LogP contribution in [-0.4, -0.2) is 48.1 Å². The van der Waals surface area contributed by atoms with E-state index in [2.05, 4.69) is 0 Å². The molecule has 1 amide bonds. The number of nitrogens with zero attached hydrogens (tertiary/aromatic N) is 2. The fourth-order valence-electron chi connectivity index (χ4n) is 3.03. The van der Waals surface area contributed by atoms with E-state index in [1.165, 1.54) is 0 Å². The van der Waals surface area contributed by atoms with Crippen LogP contribution in [-0.2, 0) is 16.1 Å². The summed E-state index contributed by atoms with van der Waals surface area (Å²) in [4.78, 5) is 27.7. The SMILES string of the molecule is COc1ccc(CN(C(=O)CN(CC(=O)O)c2ccccc2)C2CC2)cc1. The number of methoxy groups -OCH3 is 1. The van der Waals surface area contributed by atoms with Gasteiger partial charge in [-0.1, -0.05) is 30.3 Å². The number of benzene rings is 2. The molecule has 0 atom stereocenters. The number of carboxylic acids is 1. The molecular formula is C21H24N2O4. The van der Waals surface area contributed by atoms with Crippen LogP contribution in [0.3, 0.4) is 0 Å². The molecule has 1 aliphatic rings. The summed E-state index contributed by atoms with van der Waals surface area (Å²) in [7, 11) is 1.62. The smallest absolute Gasteiger partial charge is 0.323 e. The highest BCUT2D eigenvalue weighted by Gasteiger charge is 2.33. The summed E-state index contributed by atoms with van der Waals surface area (Å²) in [5, 5.41) is 9.22. The highest BCUT2D eigenvalue weighted by Crippen LogP contribution is 2.29. The molecule has 1 fully saturated rings. The van der Waals surface area contributed by atoms with Gasteiger partial charge in [0.25, 0.3) is 0 Å². The number of anilines is 1. The number of rotatable bonds is 9. The van der Waals surface area contributed by atoms with E-state index in [9.17, 15) is 14.7 Å². The fraction of sp³-hybridized carbons (Fsp3) is 0.333. The molecule has 0 bridgehead atoms. The zero-order chi connectivity index (χ0) is 19.2. The molecule has 0 aromatic heterocycles. The number of amides is 1. The summed E-state index contributed by atoms with van der Waals surface area (Å²) in [5.74, 6) is -0.238. The Morgan fingerprint density at radius 3 is 2.26 bits per heavy atom. The Morgan fingerprint density at radius 2 is 1.70 bits per heavy atom. The van der Waals surface area contributed by atoms with Gasteiger partial charge in [-0.05, 0) is 42.7 Å². The van der Waals surface area contributed by atoms with Crippen LogP contribution in [0.5, 0.6) is 5.75 Å². The van der Waals surface area contributed by atoms with Gasteiger partial charge in [0.2, 0.25) is 5.91 Å². The van der Waals surface area contributed by atoms with Crippen molar-refractivity contribution in [1.82, 2.24) is 4.90 Å². The summed E-state index contributed by atoms with van der Waals surface area (Å²) in [6.07, 6.45) is 1.98. The lowest BCUT2D eigenvalue weighted by molar-refractivity contribution is -0.135. The number of carbonyl (C=O) groups is 2. The van der Waals surface area contributed by atoms with Gasteiger partial charge in [0.1, 0.15) is 12.3 Å². The maximum Gasteiger partial charge on any atom is 0.323 e. The van der Waals surface area contributed by atoms with Crippen molar-refractivity contribution >= 4 is 17.6 Å². The number of para-hydroxylation sites is 1. The molecule has 1 N–H and O–H groups in total. The van der Waals surface area contributed by atoms with Gasteiger partial charge in [0, 0.05) is 18.3 Å². The minimum absolute atomic E-state index is 0.0446. The number of ether oxygens (including phenoxy) is 1. The van der Waals surface area contributed by atoms with Crippen molar-refractivity contribution in [2.45, 2.75) is 25.4 Å². The van der Waals surface area contributed by atoms with Crippen molar-refractivity contribution in [1.29, 1.82) is 0 Å². The molecule has 2 aromatic carbocycles. The molecule has 0 aliphatic heterocycles. The number of aliphatic carboxylic acids is 1. The van der Waals surface area contributed by atoms with Gasteiger partial charge >= 0.3 is 5.97 Å². The molecule has 2 aromatic rings. The first-order valence-corrected chi connectivity index (χ1v) is 9.01. The van der Waals surface area contributed by atoms with Crippen LogP contribution < -0.4 is 9.64 Å². The summed E-state index contributed by atoms with van der Waals surface area (Å²) in [5.41, 5.74) is 1.76. The van der Waals surface area contributed by atoms with E-state index in [0.717, 1.165) is 29.8 Å². The van der Waals surface area contributed by atoms with E-state index in [1.807, 2.05) is 59.5 Å². The third kappa shape index (κ3) is 5.23. The van der Waals surface area contributed by atoms with Crippen molar-refractivity contribution in [2.24, 2.45) is 0 Å². The van der Waals surface area contributed by atoms with Gasteiger partial charge in [-0.25, -0.2) is 0 Å². The Bertz CT molecular complexity index is 773. The van der Waals surface area contributed by atoms with Gasteiger partial charge in [-0.2, -0.15) is 0 Å². The average molecular weight is 368 g/mol. The molecule has 6 heteroatoms. The standard InChI is InChI=1S/C21H24N2O4/c1-27-19-11-7-16(8-12-19)13-23(18-9-10-18)20(24)14-22(15-21(25)26)17-5-3-2-4-6-17/h2-8,11-12,18H,9-10,13-15H2,1H3,(H,25,26). The van der Waals surface area contributed by atoms with Crippen molar-refractivity contribution in [2.75, 3.05) is 25.1 Å². The minimum Gasteiger partial charge on any atom is -0.497 e. The van der Waals surface area contributed by atoms with Gasteiger partial charge in [-0.15, -0.1) is 0 Å². The van der Waals surface area contributed by atoms with Crippen molar-refractivity contribution < 1.29 is 19.4 Å². The maximum absolute atomic E-state index is 13.0. The number of hydrogen-bond donors (Lipinski definition) is 1. The van der Waals surface area contributed by atoms with Crippen LogP contribution in [0.25, 0.3) is 0 Å². The Morgan fingerprint density at radius 1 is 1.04 bits per heavy atom. The summed E-state index contributed by atoms with van der Waals surface area (Å²) in [6.45, 7) is 0.350. The van der Waals surface area contributed by atoms with E-state index < -0.39 is 5.97 Å². The van der Waals surface area contributed by atoms with Crippen LogP contribution in [0, 0.1) is 0 Å². The molecule has 0 radical (unpaired) electrons. The topological polar surface area (TPSA) is 70.1 Å². The number of carboxylic acid groups (broad SMARTS) is 1. The van der Waals surface area contributed by atoms with Gasteiger partial charge in [0.05, 0.1) is 13.7 Å². The third-order valence-electron chi connectivity index (χ3n) is 4.59. The Kier molecular flexibility index (Phi) is 5.96. The Hall–Kier alpha value is -3.02. The molecular weight excluding hydrogens is 344 g/mol. The number of hydrogen-bond acceptors (Lipinski definition) is 4. The van der Waals surface area contributed by atoms with Gasteiger partial charge in [-0.3, -0.25) is 9.59 Å². The van der Waals surface area contributed by atoms with Crippen LogP contribution >= 0.6 is 0 Å². The first kappa shape index (κ1) is 18.8. The monoisotopic (exact) mass is 368 g/mol. The van der Waals surface area contributed by atoms with E-state index in [-0.39, 0.29) is 25.0 Å². The van der Waals surface area contributed by atoms with Crippen LogP contribution in [0.4, 0.5) is 5.69 Å². The lowest BCUT2D eigenvalue weighted by atomic mass is 10.2. The minimum atomic E-state index is -0.959. The predicted octanol–water partition coefficient (Wildman–Crippen LogP) is 2.78. The molecule has 27 heavy (non-hydrogen) atoms. The quantitative estimate of drug-likeness (QED) is 0.737. The second-order valence-electron chi connectivity index (χ2n) is 6.69. The van der Waals surface area contributed by atoms with E-state index in [1.54, 1.807) is 12.0 Å². The first-order valence-electron chi connectivity index (χ1n) is 9.01. The van der Waals surface area contributed by atoms with E-state index in [0.29, 0.717) is 6.54 Å². The Labute approximate surface area is 159 Å². The van der Waals surface area contributed by atoms with Crippen molar-refractivity contribution in [3.05, 3.63) is 60.2 Å². The molecule has 3 rings (SSSR count). The zero-order valence-corrected chi connectivity index (χ0v) is 15.4. The molecule has 0 spiro atoms. The lowest BCUT2D eigenvalue weighted by Crippen LogP contribution is -2.43. The van der Waals surface area contributed by atoms with Crippen LogP contribution in [0.15, 0.2) is 54.6 Å². The second kappa shape index (κ2) is 8.58. The molecule has 0 saturated heterocycles. The predicted molar refractivity (Wildman–Crippen MR) is 103 cm³/mol. The molecule has 1 saturated carbocycles. The highest BCUT2D eigenvalue weighted by molar-refractivity contribution is 5.84. The Balaban J connectivity index is 1.72. The lowest BCUT2D eigenvalue weighted by Gasteiger charge is -2.28. The molecule has 0 heterocycles. The molecule has 0 unspecified atom stereocenters. The first-order chi connectivity index (χ1) is 13.1. The van der Waals surface area contributed by atoms with Gasteiger partial charge < -0.3 is 19.6 Å². The van der Waals surface area contributed by atoms with Crippen LogP contribution in [0.2, 0.25) is 0 Å². The largest absolute Gasteiger partial charge is 0.497 e. The fourth-order valence-corrected chi connectivity index (χ4v) is 3.03. The second-order valence-corrected chi connectivity index (χ2v) is 6.69. The zero-order valence-electron chi connectivity index (χ0n) is 15.4. The van der Waals surface area contributed by atoms with Crippen molar-refractivity contribution in [3.8, 4) is 5.75 Å². The molecule has 1 aliphatic carbocycles. The van der Waals surface area contributed by atoms with Gasteiger partial charge in [0.15, 0.2) is 0 Å². The normalized spacial score (nSPS) is 13.1. The maximum atomic E-state index is 13.0. The summed E-state index contributed by atoms with van der Waals surface area (Å²) < 4.78 is 5.18. The highest BCUT2D eigenvalue weighted by atomic mass is 16.5. The summed E-state index contributed by atoms with van der Waals surface area (Å²) >= 11 is 0. The van der Waals surface area contributed by atoms with Crippen LogP contribution in [0.1, 0.15) is 18.4 Å². The number of carbonyl (C=O) groups excluding carboxylic acids is 1. The average Bonchev–Trinajstić information content (AvgIpc) is 3.51. The third-order valence-corrected chi connectivity index (χ3v) is 4.59. The molecule has 6 nitrogen and oxygen atoms in total. The van der Waals surface area contributed by atoms with E-state index >= 15 is 0 Å². The summed E-state index contributed by atoms with van der Waals surface area (Å²) in [6, 6.07) is 17.1. The van der Waals surface area contributed by atoms with Crippen molar-refractivity contribution in [3.63, 3.8) is 0 Å². The van der Waals surface area contributed by atoms with E-state index in [4.69, 9.17) is 4.74 Å².